The Hall–Kier alpha value is 1.48. The predicted octanol–water partition coefficient (Wildman–Crippen LogP) is 7.11. The minimum atomic E-state index is -0.289. The zero-order chi connectivity index (χ0) is 25.8. The molecule has 0 aromatic rings. The molecule has 4 aliphatic carbocycles. The van der Waals surface area contributed by atoms with Crippen molar-refractivity contribution in [3.63, 3.8) is 0 Å². The summed E-state index contributed by atoms with van der Waals surface area (Å²) in [5.41, 5.74) is 1.60. The van der Waals surface area contributed by atoms with E-state index in [4.69, 9.17) is 11.3 Å². The normalized spacial score (nSPS) is 48.7. The maximum Gasteiger partial charge on any atom is 0.203 e. The first kappa shape index (κ1) is 32.0. The summed E-state index contributed by atoms with van der Waals surface area (Å²) >= 11 is 1.02. The first-order chi connectivity index (χ1) is 16.4. The second-order valence-electron chi connectivity index (χ2n) is 13.9. The van der Waals surface area contributed by atoms with E-state index in [0.717, 1.165) is 63.3 Å². The van der Waals surface area contributed by atoms with Crippen LogP contribution in [0, 0.1) is 95.8 Å². The predicted molar refractivity (Wildman–Crippen MR) is 148 cm³/mol. The molecule has 2 N–H and O–H groups in total. The molecule has 4 rings (SSSR count). The van der Waals surface area contributed by atoms with Crippen molar-refractivity contribution in [1.29, 1.82) is 0 Å². The number of fused-ring (bicyclic) bond motifs is 5. The molecule has 3 nitrogen and oxygen atoms in total. The molecule has 0 aromatic carbocycles. The number of rotatable bonds is 7. The van der Waals surface area contributed by atoms with Crippen LogP contribution in [0.15, 0.2) is 11.6 Å². The van der Waals surface area contributed by atoms with E-state index in [1.807, 2.05) is 0 Å². The van der Waals surface area contributed by atoms with E-state index in [0.29, 0.717) is 29.6 Å². The second kappa shape index (κ2) is 12.1. The average Bonchev–Trinajstić information content (AvgIpc) is 3.04. The largest absolute Gasteiger partial charge is 0.393 e. The Balaban J connectivity index is 0.00000361. The van der Waals surface area contributed by atoms with Gasteiger partial charge in [-0.3, -0.25) is 0 Å². The smallest absolute Gasteiger partial charge is 0.203 e. The SMILES string of the molecule is [Ac].[B]SOC1CCC2(C)C(CCC3(C)C2C(O)CC2C(C(CC)CCC=C(C)C)C(O)CC23C)C1C. The van der Waals surface area contributed by atoms with Crippen molar-refractivity contribution in [1.82, 2.24) is 0 Å². The van der Waals surface area contributed by atoms with E-state index < -0.39 is 0 Å². The van der Waals surface area contributed by atoms with Crippen LogP contribution >= 0.6 is 11.9 Å². The number of allylic oxidation sites excluding steroid dienone is 2. The van der Waals surface area contributed by atoms with E-state index >= 15 is 0 Å². The van der Waals surface area contributed by atoms with Crippen LogP contribution in [-0.2, 0) is 4.18 Å². The van der Waals surface area contributed by atoms with Crippen molar-refractivity contribution in [3.05, 3.63) is 11.6 Å². The van der Waals surface area contributed by atoms with Crippen molar-refractivity contribution >= 4 is 19.0 Å². The van der Waals surface area contributed by atoms with Crippen molar-refractivity contribution in [2.45, 2.75) is 125 Å². The molecule has 4 aliphatic rings. The van der Waals surface area contributed by atoms with Gasteiger partial charge in [-0.1, -0.05) is 64.6 Å². The van der Waals surface area contributed by atoms with Crippen molar-refractivity contribution < 1.29 is 58.5 Å². The van der Waals surface area contributed by atoms with E-state index in [9.17, 15) is 10.2 Å². The minimum Gasteiger partial charge on any atom is -0.393 e. The van der Waals surface area contributed by atoms with Gasteiger partial charge in [0.2, 0.25) is 7.12 Å². The minimum absolute atomic E-state index is 0. The summed E-state index contributed by atoms with van der Waals surface area (Å²) in [5.74, 6) is 2.51. The van der Waals surface area contributed by atoms with Crippen LogP contribution in [0.1, 0.15) is 106 Å². The topological polar surface area (TPSA) is 49.7 Å². The molecule has 0 aromatic heterocycles. The first-order valence-corrected chi connectivity index (χ1v) is 15.3. The molecule has 12 unspecified atom stereocenters. The summed E-state index contributed by atoms with van der Waals surface area (Å²) in [4.78, 5) is 0. The summed E-state index contributed by atoms with van der Waals surface area (Å²) in [6.45, 7) is 16.5. The molecule has 3 radical (unpaired) electrons. The fraction of sp³-hybridized carbons (Fsp3) is 0.933. The summed E-state index contributed by atoms with van der Waals surface area (Å²) in [7, 11) is 5.68. The average molecular weight is 730 g/mol. The third-order valence-electron chi connectivity index (χ3n) is 12.3. The van der Waals surface area contributed by atoms with Gasteiger partial charge in [0, 0.05) is 44.1 Å². The van der Waals surface area contributed by atoms with Gasteiger partial charge in [0.05, 0.1) is 18.3 Å². The third-order valence-corrected chi connectivity index (χ3v) is 12.6. The molecular weight excluding hydrogens is 678 g/mol. The van der Waals surface area contributed by atoms with Crippen molar-refractivity contribution in [3.8, 4) is 0 Å². The molecule has 12 atom stereocenters. The van der Waals surface area contributed by atoms with Crippen LogP contribution in [0.5, 0.6) is 0 Å². The summed E-state index contributed by atoms with van der Waals surface area (Å²) < 4.78 is 5.87. The molecule has 0 amide bonds. The zero-order valence-corrected chi connectivity index (χ0v) is 29.6. The van der Waals surface area contributed by atoms with E-state index in [2.05, 4.69) is 54.5 Å². The van der Waals surface area contributed by atoms with Gasteiger partial charge in [-0.15, -0.1) is 0 Å². The number of aliphatic hydroxyl groups excluding tert-OH is 2. The first-order valence-electron chi connectivity index (χ1n) is 14.5. The van der Waals surface area contributed by atoms with E-state index in [1.54, 1.807) is 0 Å². The Kier molecular flexibility index (Phi) is 10.8. The van der Waals surface area contributed by atoms with Crippen LogP contribution in [0.3, 0.4) is 0 Å². The molecule has 0 bridgehead atoms. The Morgan fingerprint density at radius 1 is 1.08 bits per heavy atom. The number of hydrogen-bond acceptors (Lipinski definition) is 4. The Morgan fingerprint density at radius 2 is 1.78 bits per heavy atom. The van der Waals surface area contributed by atoms with E-state index in [1.165, 1.54) is 12.0 Å². The summed E-state index contributed by atoms with van der Waals surface area (Å²) in [6.07, 6.45) is 11.6. The summed E-state index contributed by atoms with van der Waals surface area (Å²) in [5, 5.41) is 23.5. The van der Waals surface area contributed by atoms with Gasteiger partial charge in [0.1, 0.15) is 0 Å². The Bertz CT molecular complexity index is 792. The van der Waals surface area contributed by atoms with Gasteiger partial charge in [0.25, 0.3) is 0 Å². The van der Waals surface area contributed by atoms with Gasteiger partial charge >= 0.3 is 0 Å². The second-order valence-corrected chi connectivity index (χ2v) is 14.3. The van der Waals surface area contributed by atoms with E-state index in [-0.39, 0.29) is 84.5 Å². The summed E-state index contributed by atoms with van der Waals surface area (Å²) in [6, 6.07) is 0. The van der Waals surface area contributed by atoms with Crippen LogP contribution in [-0.4, -0.2) is 35.6 Å². The third kappa shape index (κ3) is 5.15. The van der Waals surface area contributed by atoms with Crippen LogP contribution < -0.4 is 0 Å². The van der Waals surface area contributed by atoms with Crippen LogP contribution in [0.2, 0.25) is 0 Å². The Labute approximate surface area is 263 Å². The Morgan fingerprint density at radius 3 is 2.39 bits per heavy atom. The van der Waals surface area contributed by atoms with Crippen LogP contribution in [0.25, 0.3) is 0 Å². The molecular formula is C30H51AcBO3S. The molecule has 6 heteroatoms. The maximum absolute atomic E-state index is 12.0. The molecule has 4 fully saturated rings. The zero-order valence-electron chi connectivity index (χ0n) is 24.0. The van der Waals surface area contributed by atoms with Crippen molar-refractivity contribution in [2.75, 3.05) is 0 Å². The number of hydrogen-bond donors (Lipinski definition) is 2. The molecule has 201 valence electrons. The van der Waals surface area contributed by atoms with Gasteiger partial charge in [-0.25, -0.2) is 0 Å². The van der Waals surface area contributed by atoms with Crippen LogP contribution in [0.4, 0.5) is 0 Å². The monoisotopic (exact) mass is 729 g/mol. The molecule has 4 saturated carbocycles. The fourth-order valence-electron chi connectivity index (χ4n) is 10.6. The standard InChI is InChI=1S/C30H51BO3S.Ac/c1-8-20(11-9-10-18(2)3)26-22-16-23(32)27-28(5)14-13-25(34-35-31)19(4)21(28)12-15-29(27,6)30(22,7)17-24(26)33;/h10,19-27,32-33H,8-9,11-17H2,1-7H3;. The fourth-order valence-corrected chi connectivity index (χ4v) is 11.0. The van der Waals surface area contributed by atoms with Gasteiger partial charge in [-0.2, -0.15) is 0 Å². The molecule has 0 spiro atoms. The molecule has 0 aliphatic heterocycles. The van der Waals surface area contributed by atoms with Crippen molar-refractivity contribution in [2.24, 2.45) is 51.8 Å². The quantitative estimate of drug-likeness (QED) is 0.167. The molecule has 36 heavy (non-hydrogen) atoms. The molecule has 0 saturated heterocycles. The molecule has 0 heterocycles. The van der Waals surface area contributed by atoms with Gasteiger partial charge in [-0.05, 0) is 117 Å². The maximum atomic E-state index is 12.0. The number of aliphatic hydroxyl groups is 2. The van der Waals surface area contributed by atoms with Gasteiger partial charge in [0.15, 0.2) is 0 Å². The van der Waals surface area contributed by atoms with Gasteiger partial charge < -0.3 is 14.4 Å².